The van der Waals surface area contributed by atoms with Crippen LogP contribution in [0, 0.1) is 0 Å². The first kappa shape index (κ1) is 26.4. The number of ether oxygens (including phenoxy) is 2. The van der Waals surface area contributed by atoms with Gasteiger partial charge in [0.2, 0.25) is 0 Å². The molecule has 8 heteroatoms. The minimum atomic E-state index is -1.08. The number of pyridine rings is 1. The maximum Gasteiger partial charge on any atom is 0.121 e. The molecule has 4 rings (SSSR count). The smallest absolute Gasteiger partial charge is 0.121 e. The zero-order valence-corrected chi connectivity index (χ0v) is 21.6. The van der Waals surface area contributed by atoms with Crippen LogP contribution in [-0.4, -0.2) is 66.6 Å². The Kier molecular flexibility index (Phi) is 8.82. The number of hydrogen-bond donors (Lipinski definition) is 2. The quantitative estimate of drug-likeness (QED) is 0.398. The summed E-state index contributed by atoms with van der Waals surface area (Å²) < 4.78 is 10.8. The van der Waals surface area contributed by atoms with Crippen LogP contribution in [-0.2, 0) is 16.9 Å². The van der Waals surface area contributed by atoms with Gasteiger partial charge in [-0.25, -0.2) is 0 Å². The summed E-state index contributed by atoms with van der Waals surface area (Å²) in [6, 6.07) is 19.8. The summed E-state index contributed by atoms with van der Waals surface area (Å²) in [5, 5.41) is 21.2. The summed E-state index contributed by atoms with van der Waals surface area (Å²) in [7, 11) is 1.64. The molecule has 0 aliphatic carbocycles. The van der Waals surface area contributed by atoms with Crippen molar-refractivity contribution in [3.05, 3.63) is 88.7 Å². The molecule has 1 aliphatic rings. The molecule has 3 aromatic rings. The van der Waals surface area contributed by atoms with E-state index in [1.165, 1.54) is 5.56 Å². The molecular formula is C28H34ClN3O4. The predicted octanol–water partition coefficient (Wildman–Crippen LogP) is 4.02. The molecule has 1 saturated heterocycles. The predicted molar refractivity (Wildman–Crippen MR) is 142 cm³/mol. The van der Waals surface area contributed by atoms with Crippen molar-refractivity contribution in [2.75, 3.05) is 51.4 Å². The lowest BCUT2D eigenvalue weighted by molar-refractivity contribution is 0.00997. The van der Waals surface area contributed by atoms with E-state index in [-0.39, 0.29) is 12.6 Å². The molecule has 1 aliphatic heterocycles. The molecule has 0 saturated carbocycles. The number of rotatable bonds is 10. The van der Waals surface area contributed by atoms with Gasteiger partial charge in [0, 0.05) is 51.1 Å². The number of benzene rings is 2. The van der Waals surface area contributed by atoms with E-state index in [2.05, 4.69) is 26.9 Å². The van der Waals surface area contributed by atoms with Crippen LogP contribution >= 0.6 is 11.6 Å². The Morgan fingerprint density at radius 3 is 2.56 bits per heavy atom. The number of hydrogen-bond acceptors (Lipinski definition) is 7. The van der Waals surface area contributed by atoms with Crippen LogP contribution in [0.3, 0.4) is 0 Å². The molecule has 7 nitrogen and oxygen atoms in total. The number of anilines is 1. The van der Waals surface area contributed by atoms with Crippen molar-refractivity contribution in [2.24, 2.45) is 0 Å². The lowest BCUT2D eigenvalue weighted by Crippen LogP contribution is -2.52. The third-order valence-electron chi connectivity index (χ3n) is 6.57. The molecular weight excluding hydrogens is 478 g/mol. The average molecular weight is 512 g/mol. The zero-order chi connectivity index (χ0) is 25.5. The molecule has 2 atom stereocenters. The molecule has 0 bridgehead atoms. The third kappa shape index (κ3) is 6.35. The topological polar surface area (TPSA) is 78.3 Å². The number of piperazine rings is 1. The fraction of sp³-hybridized carbons (Fsp3) is 0.393. The van der Waals surface area contributed by atoms with Gasteiger partial charge in [0.25, 0.3) is 0 Å². The van der Waals surface area contributed by atoms with E-state index in [9.17, 15) is 10.2 Å². The van der Waals surface area contributed by atoms with Gasteiger partial charge in [-0.2, -0.15) is 0 Å². The molecule has 2 heterocycles. The Bertz CT molecular complexity index is 1110. The van der Waals surface area contributed by atoms with Gasteiger partial charge in [-0.3, -0.25) is 9.88 Å². The monoisotopic (exact) mass is 511 g/mol. The largest absolute Gasteiger partial charge is 0.491 e. The van der Waals surface area contributed by atoms with Crippen molar-refractivity contribution in [3.63, 3.8) is 0 Å². The van der Waals surface area contributed by atoms with E-state index in [0.717, 1.165) is 30.9 Å². The van der Waals surface area contributed by atoms with Crippen LogP contribution in [0.4, 0.5) is 5.69 Å². The van der Waals surface area contributed by atoms with Crippen molar-refractivity contribution in [1.29, 1.82) is 0 Å². The Balaban J connectivity index is 1.54. The highest BCUT2D eigenvalue weighted by molar-refractivity contribution is 6.33. The van der Waals surface area contributed by atoms with Crippen molar-refractivity contribution in [3.8, 4) is 5.75 Å². The van der Waals surface area contributed by atoms with Gasteiger partial charge in [0.05, 0.1) is 35.7 Å². The van der Waals surface area contributed by atoms with Crippen molar-refractivity contribution in [2.45, 2.75) is 25.2 Å². The zero-order valence-electron chi connectivity index (χ0n) is 20.8. The van der Waals surface area contributed by atoms with Crippen LogP contribution in [0.1, 0.15) is 29.8 Å². The van der Waals surface area contributed by atoms with Gasteiger partial charge < -0.3 is 24.6 Å². The van der Waals surface area contributed by atoms with E-state index in [1.54, 1.807) is 19.4 Å². The number of methoxy groups -OCH3 is 1. The average Bonchev–Trinajstić information content (AvgIpc) is 2.89. The number of nitrogens with zero attached hydrogens (tertiary/aromatic N) is 3. The van der Waals surface area contributed by atoms with Gasteiger partial charge in [0.15, 0.2) is 0 Å². The molecule has 0 unspecified atom stereocenters. The third-order valence-corrected chi connectivity index (χ3v) is 6.88. The second-order valence-electron chi connectivity index (χ2n) is 9.28. The van der Waals surface area contributed by atoms with Crippen molar-refractivity contribution < 1.29 is 19.7 Å². The number of halogens is 1. The highest BCUT2D eigenvalue weighted by Gasteiger charge is 2.34. The van der Waals surface area contributed by atoms with Gasteiger partial charge in [-0.15, -0.1) is 0 Å². The molecule has 2 aromatic carbocycles. The van der Waals surface area contributed by atoms with E-state index in [1.807, 2.05) is 49.4 Å². The maximum atomic E-state index is 11.3. The fourth-order valence-electron chi connectivity index (χ4n) is 4.65. The Morgan fingerprint density at radius 1 is 1.08 bits per heavy atom. The Morgan fingerprint density at radius 2 is 1.89 bits per heavy atom. The van der Waals surface area contributed by atoms with Crippen LogP contribution in [0.15, 0.2) is 66.9 Å². The first-order valence-corrected chi connectivity index (χ1v) is 12.5. The summed E-state index contributed by atoms with van der Waals surface area (Å²) >= 11 is 6.74. The highest BCUT2D eigenvalue weighted by atomic mass is 35.5. The Labute approximate surface area is 217 Å². The molecule has 192 valence electrons. The SMILES string of the molecule is COCCOc1ccc(N2CCN(C[C@@](C)(O)c3ccc(CO)nc3)C[C@H]2c2ccccc2)c(Cl)c1. The molecule has 2 N–H and O–H groups in total. The van der Waals surface area contributed by atoms with Gasteiger partial charge in [0.1, 0.15) is 18.0 Å². The molecule has 1 fully saturated rings. The van der Waals surface area contributed by atoms with Crippen molar-refractivity contribution in [1.82, 2.24) is 9.88 Å². The minimum absolute atomic E-state index is 0.0587. The summed E-state index contributed by atoms with van der Waals surface area (Å²) in [5.41, 5.74) is 2.38. The fourth-order valence-corrected chi connectivity index (χ4v) is 4.93. The number of aliphatic hydroxyl groups excluding tert-OH is 1. The lowest BCUT2D eigenvalue weighted by Gasteiger charge is -2.45. The molecule has 0 spiro atoms. The summed E-state index contributed by atoms with van der Waals surface area (Å²) in [6.07, 6.45) is 1.65. The van der Waals surface area contributed by atoms with E-state index < -0.39 is 5.60 Å². The van der Waals surface area contributed by atoms with Gasteiger partial charge in [-0.1, -0.05) is 48.0 Å². The van der Waals surface area contributed by atoms with Crippen molar-refractivity contribution >= 4 is 17.3 Å². The van der Waals surface area contributed by atoms with Crippen LogP contribution in [0.2, 0.25) is 5.02 Å². The van der Waals surface area contributed by atoms with Gasteiger partial charge in [-0.05, 0) is 30.7 Å². The number of β-amino-alcohol motifs (C(OH)–C–C–N with tert-alkyl or cyclic N) is 1. The first-order valence-electron chi connectivity index (χ1n) is 12.1. The number of aliphatic hydroxyl groups is 2. The van der Waals surface area contributed by atoms with E-state index in [0.29, 0.717) is 36.2 Å². The van der Waals surface area contributed by atoms with Gasteiger partial charge >= 0.3 is 0 Å². The standard InChI is InChI=1S/C28H34ClN3O4/c1-28(34,22-8-9-23(19-33)30-17-22)20-31-12-13-32(27(18-31)21-6-4-3-5-7-21)26-11-10-24(16-25(26)29)36-15-14-35-2/h3-11,16-17,27,33-34H,12-15,18-20H2,1-2H3/t27-,28+/m0/s1. The lowest BCUT2D eigenvalue weighted by atomic mass is 9.95. The van der Waals surface area contributed by atoms with E-state index >= 15 is 0 Å². The van der Waals surface area contributed by atoms with Crippen LogP contribution in [0.25, 0.3) is 0 Å². The molecule has 0 amide bonds. The second-order valence-corrected chi connectivity index (χ2v) is 9.69. The molecule has 36 heavy (non-hydrogen) atoms. The second kappa shape index (κ2) is 12.0. The van der Waals surface area contributed by atoms with Crippen LogP contribution < -0.4 is 9.64 Å². The minimum Gasteiger partial charge on any atom is -0.491 e. The summed E-state index contributed by atoms with van der Waals surface area (Å²) in [5.74, 6) is 0.715. The van der Waals surface area contributed by atoms with E-state index in [4.69, 9.17) is 21.1 Å². The number of aromatic nitrogens is 1. The van der Waals surface area contributed by atoms with Crippen LogP contribution in [0.5, 0.6) is 5.75 Å². The normalized spacial score (nSPS) is 18.1. The summed E-state index contributed by atoms with van der Waals surface area (Å²) in [6.45, 7) is 5.39. The highest BCUT2D eigenvalue weighted by Crippen LogP contribution is 2.37. The summed E-state index contributed by atoms with van der Waals surface area (Å²) in [4.78, 5) is 8.86. The Hall–Kier alpha value is -2.68. The molecule has 1 aromatic heterocycles. The maximum absolute atomic E-state index is 11.3. The molecule has 0 radical (unpaired) electrons. The first-order chi connectivity index (χ1) is 17.4.